The summed E-state index contributed by atoms with van der Waals surface area (Å²) in [6, 6.07) is 8.42. The first-order chi connectivity index (χ1) is 9.90. The van der Waals surface area contributed by atoms with Gasteiger partial charge >= 0.3 is 0 Å². The Bertz CT molecular complexity index is 412. The van der Waals surface area contributed by atoms with Crippen LogP contribution in [0.3, 0.4) is 0 Å². The van der Waals surface area contributed by atoms with Crippen LogP contribution in [0.25, 0.3) is 5.57 Å². The molecule has 0 saturated heterocycles. The van der Waals surface area contributed by atoms with Crippen molar-refractivity contribution in [1.29, 1.82) is 0 Å². The fourth-order valence-corrected chi connectivity index (χ4v) is 2.41. The molecule has 0 radical (unpaired) electrons. The van der Waals surface area contributed by atoms with Crippen molar-refractivity contribution in [3.8, 4) is 5.75 Å². The van der Waals surface area contributed by atoms with Gasteiger partial charge in [0.1, 0.15) is 5.75 Å². The van der Waals surface area contributed by atoms with E-state index in [1.54, 1.807) is 0 Å². The zero-order valence-electron chi connectivity index (χ0n) is 12.1. The number of unbranched alkanes of at least 4 members (excludes halogenated alkanes) is 3. The number of nitrogens with one attached hydrogen (secondary N) is 1. The van der Waals surface area contributed by atoms with Gasteiger partial charge in [0.05, 0.1) is 6.61 Å². The smallest absolute Gasteiger partial charge is 0.119 e. The molecule has 0 fully saturated rings. The minimum atomic E-state index is 0.299. The largest absolute Gasteiger partial charge is 0.494 e. The summed E-state index contributed by atoms with van der Waals surface area (Å²) in [5.41, 5.74) is 2.74. The van der Waals surface area contributed by atoms with Crippen molar-refractivity contribution in [2.24, 2.45) is 0 Å². The van der Waals surface area contributed by atoms with Gasteiger partial charge in [0.25, 0.3) is 0 Å². The molecule has 2 rings (SSSR count). The van der Waals surface area contributed by atoms with E-state index in [1.807, 2.05) is 0 Å². The van der Waals surface area contributed by atoms with Gasteiger partial charge in [-0.3, -0.25) is 0 Å². The van der Waals surface area contributed by atoms with Crippen molar-refractivity contribution in [1.82, 2.24) is 5.32 Å². The summed E-state index contributed by atoms with van der Waals surface area (Å²) in [5, 5.41) is 12.0. The van der Waals surface area contributed by atoms with Crippen molar-refractivity contribution in [3.05, 3.63) is 35.9 Å². The second-order valence-corrected chi connectivity index (χ2v) is 5.19. The second-order valence-electron chi connectivity index (χ2n) is 5.19. The molecule has 1 aliphatic heterocycles. The van der Waals surface area contributed by atoms with Gasteiger partial charge in [0.15, 0.2) is 0 Å². The lowest BCUT2D eigenvalue weighted by atomic mass is 10.0. The molecule has 0 bridgehead atoms. The lowest BCUT2D eigenvalue weighted by Crippen LogP contribution is -2.19. The van der Waals surface area contributed by atoms with Crippen molar-refractivity contribution in [3.63, 3.8) is 0 Å². The molecule has 2 N–H and O–H groups in total. The number of rotatable bonds is 8. The molecule has 0 aliphatic carbocycles. The van der Waals surface area contributed by atoms with Crippen LogP contribution in [0.4, 0.5) is 0 Å². The normalized spacial score (nSPS) is 14.9. The molecule has 0 spiro atoms. The summed E-state index contributed by atoms with van der Waals surface area (Å²) in [6.45, 7) is 3.10. The van der Waals surface area contributed by atoms with Crippen LogP contribution in [0.15, 0.2) is 30.3 Å². The first-order valence-corrected chi connectivity index (χ1v) is 7.64. The molecule has 0 saturated carbocycles. The van der Waals surface area contributed by atoms with E-state index >= 15 is 0 Å². The predicted octanol–water partition coefficient (Wildman–Crippen LogP) is 2.99. The molecule has 20 heavy (non-hydrogen) atoms. The molecule has 3 heteroatoms. The summed E-state index contributed by atoms with van der Waals surface area (Å²) >= 11 is 0. The Hall–Kier alpha value is -1.32. The van der Waals surface area contributed by atoms with Crippen LogP contribution < -0.4 is 10.1 Å². The van der Waals surface area contributed by atoms with Crippen LogP contribution >= 0.6 is 0 Å². The lowest BCUT2D eigenvalue weighted by Gasteiger charge is -2.14. The monoisotopic (exact) mass is 275 g/mol. The van der Waals surface area contributed by atoms with Crippen LogP contribution in [0, 0.1) is 0 Å². The minimum Gasteiger partial charge on any atom is -0.494 e. The molecule has 110 valence electrons. The molecule has 1 aliphatic rings. The van der Waals surface area contributed by atoms with E-state index in [1.165, 1.54) is 11.1 Å². The van der Waals surface area contributed by atoms with E-state index in [0.717, 1.165) is 57.6 Å². The van der Waals surface area contributed by atoms with Crippen LogP contribution in [0.5, 0.6) is 5.75 Å². The number of ether oxygens (including phenoxy) is 1. The highest BCUT2D eigenvalue weighted by Crippen LogP contribution is 2.22. The fraction of sp³-hybridized carbons (Fsp3) is 0.529. The molecule has 0 unspecified atom stereocenters. The maximum absolute atomic E-state index is 8.69. The Labute approximate surface area is 121 Å². The highest BCUT2D eigenvalue weighted by molar-refractivity contribution is 5.67. The summed E-state index contributed by atoms with van der Waals surface area (Å²) < 4.78 is 5.73. The number of aliphatic hydroxyl groups is 1. The van der Waals surface area contributed by atoms with Gasteiger partial charge in [-0.25, -0.2) is 0 Å². The quantitative estimate of drug-likeness (QED) is 0.717. The highest BCUT2D eigenvalue weighted by atomic mass is 16.5. The average Bonchev–Trinajstić information content (AvgIpc) is 2.52. The first kappa shape index (κ1) is 15.1. The van der Waals surface area contributed by atoms with Gasteiger partial charge in [-0.05, 0) is 55.5 Å². The van der Waals surface area contributed by atoms with Gasteiger partial charge in [0, 0.05) is 13.2 Å². The third-order valence-electron chi connectivity index (χ3n) is 3.61. The minimum absolute atomic E-state index is 0.299. The molecule has 1 aromatic carbocycles. The number of aliphatic hydroxyl groups excluding tert-OH is 1. The van der Waals surface area contributed by atoms with E-state index in [-0.39, 0.29) is 0 Å². The van der Waals surface area contributed by atoms with Crippen molar-refractivity contribution in [2.45, 2.75) is 32.1 Å². The number of benzene rings is 1. The molecule has 0 aromatic heterocycles. The van der Waals surface area contributed by atoms with E-state index in [0.29, 0.717) is 6.61 Å². The Morgan fingerprint density at radius 2 is 1.85 bits per heavy atom. The predicted molar refractivity (Wildman–Crippen MR) is 83.0 cm³/mol. The Balaban J connectivity index is 1.72. The van der Waals surface area contributed by atoms with Gasteiger partial charge in [-0.15, -0.1) is 0 Å². The zero-order valence-corrected chi connectivity index (χ0v) is 12.1. The maximum atomic E-state index is 8.69. The Morgan fingerprint density at radius 1 is 1.05 bits per heavy atom. The fourth-order valence-electron chi connectivity index (χ4n) is 2.41. The summed E-state index contributed by atoms with van der Waals surface area (Å²) in [7, 11) is 0. The average molecular weight is 275 g/mol. The van der Waals surface area contributed by atoms with Gasteiger partial charge in [0.2, 0.25) is 0 Å². The third-order valence-corrected chi connectivity index (χ3v) is 3.61. The van der Waals surface area contributed by atoms with Gasteiger partial charge in [-0.1, -0.05) is 24.6 Å². The van der Waals surface area contributed by atoms with Crippen LogP contribution in [-0.4, -0.2) is 31.4 Å². The summed E-state index contributed by atoms with van der Waals surface area (Å²) in [4.78, 5) is 0. The lowest BCUT2D eigenvalue weighted by molar-refractivity contribution is 0.273. The molecule has 1 heterocycles. The molecule has 3 nitrogen and oxygen atoms in total. The van der Waals surface area contributed by atoms with Gasteiger partial charge in [-0.2, -0.15) is 0 Å². The van der Waals surface area contributed by atoms with Crippen LogP contribution in [0.2, 0.25) is 0 Å². The van der Waals surface area contributed by atoms with Crippen LogP contribution in [-0.2, 0) is 0 Å². The SMILES string of the molecule is OCCCCCCOc1ccc(C2=CCNCC2)cc1. The van der Waals surface area contributed by atoms with Crippen molar-refractivity contribution in [2.75, 3.05) is 26.3 Å². The maximum Gasteiger partial charge on any atom is 0.119 e. The molecule has 0 atom stereocenters. The van der Waals surface area contributed by atoms with Crippen LogP contribution in [0.1, 0.15) is 37.7 Å². The van der Waals surface area contributed by atoms with Crippen molar-refractivity contribution < 1.29 is 9.84 Å². The highest BCUT2D eigenvalue weighted by Gasteiger charge is 2.05. The zero-order chi connectivity index (χ0) is 14.0. The number of hydrogen-bond acceptors (Lipinski definition) is 3. The molecule has 1 aromatic rings. The molecule has 0 amide bonds. The van der Waals surface area contributed by atoms with Crippen molar-refractivity contribution >= 4 is 5.57 Å². The third kappa shape index (κ3) is 4.99. The summed E-state index contributed by atoms with van der Waals surface area (Å²) in [5.74, 6) is 0.949. The number of hydrogen-bond donors (Lipinski definition) is 2. The van der Waals surface area contributed by atoms with E-state index in [2.05, 4.69) is 35.7 Å². The molecular weight excluding hydrogens is 250 g/mol. The van der Waals surface area contributed by atoms with E-state index in [9.17, 15) is 0 Å². The van der Waals surface area contributed by atoms with E-state index in [4.69, 9.17) is 9.84 Å². The Morgan fingerprint density at radius 3 is 2.55 bits per heavy atom. The second kappa shape index (κ2) is 8.77. The molecular formula is C17H25NO2. The Kier molecular flexibility index (Phi) is 6.61. The first-order valence-electron chi connectivity index (χ1n) is 7.64. The standard InChI is InChI=1S/C17H25NO2/c19-13-3-1-2-4-14-20-17-7-5-15(6-8-17)16-9-11-18-12-10-16/h5-9,18-19H,1-4,10-14H2. The van der Waals surface area contributed by atoms with Gasteiger partial charge < -0.3 is 15.2 Å². The van der Waals surface area contributed by atoms with E-state index < -0.39 is 0 Å². The topological polar surface area (TPSA) is 41.5 Å². The summed E-state index contributed by atoms with van der Waals surface area (Å²) in [6.07, 6.45) is 7.53.